The molecule has 0 aliphatic carbocycles. The molecule has 1 atom stereocenters. The van der Waals surface area contributed by atoms with E-state index in [2.05, 4.69) is 50.3 Å². The number of rotatable bonds is 33. The van der Waals surface area contributed by atoms with E-state index in [-0.39, 0.29) is 18.5 Å². The smallest absolute Gasteiger partial charge is 0.306 e. The lowest BCUT2D eigenvalue weighted by molar-refractivity contribution is -0.150. The van der Waals surface area contributed by atoms with Gasteiger partial charge in [0.15, 0.2) is 0 Å². The molecule has 0 aliphatic heterocycles. The van der Waals surface area contributed by atoms with Crippen LogP contribution in [0.5, 0.6) is 0 Å². The summed E-state index contributed by atoms with van der Waals surface area (Å²) < 4.78 is 5.97. The Morgan fingerprint density at radius 2 is 0.977 bits per heavy atom. The van der Waals surface area contributed by atoms with E-state index in [0.29, 0.717) is 6.42 Å². The molecule has 4 heteroatoms. The van der Waals surface area contributed by atoms with Crippen molar-refractivity contribution in [1.82, 2.24) is 0 Å². The number of hydrogen-bond donors (Lipinski definition) is 1. The molecule has 1 N–H and O–H groups in total. The Kier molecular flexibility index (Phi) is 33.2. The fraction of sp³-hybridized carbons (Fsp3) is 0.795. The van der Waals surface area contributed by atoms with Gasteiger partial charge in [-0.2, -0.15) is 0 Å². The minimum atomic E-state index is -0.702. The molecule has 0 radical (unpaired) electrons. The molecule has 43 heavy (non-hydrogen) atoms. The van der Waals surface area contributed by atoms with E-state index in [4.69, 9.17) is 9.84 Å². The fourth-order valence-corrected chi connectivity index (χ4v) is 5.43. The molecule has 0 rings (SSSR count). The topological polar surface area (TPSA) is 63.6 Å². The first kappa shape index (κ1) is 41.2. The zero-order valence-corrected chi connectivity index (χ0v) is 28.5. The van der Waals surface area contributed by atoms with E-state index < -0.39 is 5.97 Å². The van der Waals surface area contributed by atoms with Crippen molar-refractivity contribution in [1.29, 1.82) is 0 Å². The normalized spacial score (nSPS) is 12.6. The van der Waals surface area contributed by atoms with Gasteiger partial charge in [0.1, 0.15) is 6.10 Å². The van der Waals surface area contributed by atoms with Crippen molar-refractivity contribution in [3.63, 3.8) is 0 Å². The Hall–Kier alpha value is -1.84. The van der Waals surface area contributed by atoms with Gasteiger partial charge in [-0.15, -0.1) is 0 Å². The Bertz CT molecular complexity index is 693. The molecule has 250 valence electrons. The standard InChI is InChI=1S/C39H70O4/c1-3-5-7-9-11-13-14-15-16-17-18-19-20-21-23-28-32-36-39(42)43-37(33-29-25-22-12-10-8-6-4-2)34-30-26-24-27-31-35-38(40)41/h5,7,11,13,15-16,37H,3-4,6,8-10,12,14,17-36H2,1-2H3,(H,40,41)/b7-5-,13-11-,16-15-. The quantitative estimate of drug-likeness (QED) is 0.0461. The molecule has 0 saturated carbocycles. The minimum Gasteiger partial charge on any atom is -0.481 e. The summed E-state index contributed by atoms with van der Waals surface area (Å²) in [6.07, 6.45) is 44.4. The molecule has 0 aromatic heterocycles. The van der Waals surface area contributed by atoms with Crippen molar-refractivity contribution in [2.24, 2.45) is 0 Å². The second-order valence-electron chi connectivity index (χ2n) is 12.4. The van der Waals surface area contributed by atoms with E-state index in [0.717, 1.165) is 83.5 Å². The number of unbranched alkanes of at least 4 members (excludes halogenated alkanes) is 18. The second-order valence-corrected chi connectivity index (χ2v) is 12.4. The molecular formula is C39H70O4. The van der Waals surface area contributed by atoms with Crippen LogP contribution >= 0.6 is 0 Å². The predicted molar refractivity (Wildman–Crippen MR) is 186 cm³/mol. The van der Waals surface area contributed by atoms with E-state index in [1.165, 1.54) is 83.5 Å². The van der Waals surface area contributed by atoms with Crippen LogP contribution in [0.25, 0.3) is 0 Å². The highest BCUT2D eigenvalue weighted by Crippen LogP contribution is 2.19. The van der Waals surface area contributed by atoms with Crippen LogP contribution in [0.4, 0.5) is 0 Å². The van der Waals surface area contributed by atoms with Gasteiger partial charge in [-0.3, -0.25) is 9.59 Å². The molecule has 0 bridgehead atoms. The van der Waals surface area contributed by atoms with Gasteiger partial charge in [0.05, 0.1) is 0 Å². The second kappa shape index (κ2) is 34.6. The number of carbonyl (C=O) groups excluding carboxylic acids is 1. The van der Waals surface area contributed by atoms with Gasteiger partial charge < -0.3 is 9.84 Å². The van der Waals surface area contributed by atoms with Crippen LogP contribution in [0.3, 0.4) is 0 Å². The van der Waals surface area contributed by atoms with Crippen molar-refractivity contribution in [3.05, 3.63) is 36.5 Å². The Morgan fingerprint density at radius 1 is 0.535 bits per heavy atom. The van der Waals surface area contributed by atoms with Crippen LogP contribution in [0.1, 0.15) is 194 Å². The number of allylic oxidation sites excluding steroid dienone is 6. The zero-order chi connectivity index (χ0) is 31.5. The van der Waals surface area contributed by atoms with Gasteiger partial charge in [0.2, 0.25) is 0 Å². The minimum absolute atomic E-state index is 0.00919. The van der Waals surface area contributed by atoms with Crippen molar-refractivity contribution in [2.45, 2.75) is 200 Å². The monoisotopic (exact) mass is 603 g/mol. The largest absolute Gasteiger partial charge is 0.481 e. The number of hydrogen-bond acceptors (Lipinski definition) is 3. The molecule has 0 aromatic carbocycles. The van der Waals surface area contributed by atoms with Crippen molar-refractivity contribution >= 4 is 11.9 Å². The first-order valence-corrected chi connectivity index (χ1v) is 18.5. The van der Waals surface area contributed by atoms with Gasteiger partial charge in [-0.25, -0.2) is 0 Å². The molecule has 0 heterocycles. The number of carboxylic acid groups (broad SMARTS) is 1. The molecule has 0 saturated heterocycles. The average molecular weight is 603 g/mol. The Labute approximate surface area is 267 Å². The highest BCUT2D eigenvalue weighted by Gasteiger charge is 2.14. The maximum absolute atomic E-state index is 12.6. The van der Waals surface area contributed by atoms with Crippen LogP contribution in [0.2, 0.25) is 0 Å². The number of ether oxygens (including phenoxy) is 1. The van der Waals surface area contributed by atoms with Crippen LogP contribution in [-0.4, -0.2) is 23.1 Å². The van der Waals surface area contributed by atoms with Gasteiger partial charge >= 0.3 is 11.9 Å². The first-order chi connectivity index (χ1) is 21.1. The van der Waals surface area contributed by atoms with Gasteiger partial charge in [-0.1, -0.05) is 147 Å². The van der Waals surface area contributed by atoms with Crippen LogP contribution in [0, 0.1) is 0 Å². The fourth-order valence-electron chi connectivity index (χ4n) is 5.43. The average Bonchev–Trinajstić information content (AvgIpc) is 2.99. The SMILES string of the molecule is CC/C=C\C/C=C\C/C=C\CCCCCCCCCC(=O)OC(CCCCCCCCCC)CCCCCCCC(=O)O. The van der Waals surface area contributed by atoms with Crippen LogP contribution in [-0.2, 0) is 14.3 Å². The molecule has 0 aromatic rings. The van der Waals surface area contributed by atoms with Crippen molar-refractivity contribution < 1.29 is 19.4 Å². The molecule has 0 amide bonds. The van der Waals surface area contributed by atoms with Crippen LogP contribution in [0.15, 0.2) is 36.5 Å². The molecule has 1 unspecified atom stereocenters. The van der Waals surface area contributed by atoms with E-state index in [9.17, 15) is 9.59 Å². The molecule has 0 fully saturated rings. The molecule has 4 nitrogen and oxygen atoms in total. The summed E-state index contributed by atoms with van der Waals surface area (Å²) in [7, 11) is 0. The highest BCUT2D eigenvalue weighted by molar-refractivity contribution is 5.69. The maximum atomic E-state index is 12.6. The number of aliphatic carboxylic acids is 1. The Morgan fingerprint density at radius 3 is 1.51 bits per heavy atom. The summed E-state index contributed by atoms with van der Waals surface area (Å²) in [6.45, 7) is 4.42. The lowest BCUT2D eigenvalue weighted by atomic mass is 10.0. The van der Waals surface area contributed by atoms with E-state index >= 15 is 0 Å². The summed E-state index contributed by atoms with van der Waals surface area (Å²) in [4.78, 5) is 23.3. The van der Waals surface area contributed by atoms with E-state index in [1.54, 1.807) is 0 Å². The third-order valence-corrected chi connectivity index (χ3v) is 8.13. The number of carboxylic acids is 1. The predicted octanol–water partition coefficient (Wildman–Crippen LogP) is 12.6. The summed E-state index contributed by atoms with van der Waals surface area (Å²) >= 11 is 0. The van der Waals surface area contributed by atoms with Crippen molar-refractivity contribution in [2.75, 3.05) is 0 Å². The van der Waals surface area contributed by atoms with Crippen LogP contribution < -0.4 is 0 Å². The van der Waals surface area contributed by atoms with Gasteiger partial charge in [-0.05, 0) is 70.6 Å². The lowest BCUT2D eigenvalue weighted by Gasteiger charge is -2.18. The summed E-state index contributed by atoms with van der Waals surface area (Å²) in [5, 5.41) is 8.79. The molecular weight excluding hydrogens is 532 g/mol. The Balaban J connectivity index is 3.97. The third-order valence-electron chi connectivity index (χ3n) is 8.13. The number of carbonyl (C=O) groups is 2. The first-order valence-electron chi connectivity index (χ1n) is 18.5. The van der Waals surface area contributed by atoms with E-state index in [1.807, 2.05) is 0 Å². The molecule has 0 aliphatic rings. The zero-order valence-electron chi connectivity index (χ0n) is 28.5. The summed E-state index contributed by atoms with van der Waals surface area (Å²) in [5.74, 6) is -0.712. The van der Waals surface area contributed by atoms with Gasteiger partial charge in [0.25, 0.3) is 0 Å². The highest BCUT2D eigenvalue weighted by atomic mass is 16.5. The lowest BCUT2D eigenvalue weighted by Crippen LogP contribution is -2.18. The van der Waals surface area contributed by atoms with Crippen molar-refractivity contribution in [3.8, 4) is 0 Å². The molecule has 0 spiro atoms. The third kappa shape index (κ3) is 34.5. The maximum Gasteiger partial charge on any atom is 0.306 e. The van der Waals surface area contributed by atoms with Gasteiger partial charge in [0, 0.05) is 12.8 Å². The number of esters is 1. The summed E-state index contributed by atoms with van der Waals surface area (Å²) in [5.41, 5.74) is 0. The summed E-state index contributed by atoms with van der Waals surface area (Å²) in [6, 6.07) is 0.